The molecule has 0 saturated carbocycles. The number of ether oxygens (including phenoxy) is 1. The fourth-order valence-corrected chi connectivity index (χ4v) is 4.51. The summed E-state index contributed by atoms with van der Waals surface area (Å²) in [5.41, 5.74) is 0.722. The third-order valence-corrected chi connectivity index (χ3v) is 6.24. The second kappa shape index (κ2) is 9.89. The minimum Gasteiger partial charge on any atom is -0.494 e. The SMILES string of the molecule is CCN(Cc1ccc(OC)c(F)c1)C(=O)CSc1nnc(-c2cccs2)n1CC. The molecule has 2 aromatic heterocycles. The number of hydrogen-bond acceptors (Lipinski definition) is 6. The smallest absolute Gasteiger partial charge is 0.233 e. The summed E-state index contributed by atoms with van der Waals surface area (Å²) in [6, 6.07) is 8.74. The Labute approximate surface area is 177 Å². The Morgan fingerprint density at radius 3 is 2.76 bits per heavy atom. The van der Waals surface area contributed by atoms with Crippen LogP contribution in [0.15, 0.2) is 40.9 Å². The zero-order chi connectivity index (χ0) is 20.8. The van der Waals surface area contributed by atoms with Gasteiger partial charge in [-0.05, 0) is 43.0 Å². The first kappa shape index (κ1) is 21.3. The van der Waals surface area contributed by atoms with Gasteiger partial charge in [0.1, 0.15) is 0 Å². The molecule has 0 fully saturated rings. The number of thioether (sulfide) groups is 1. The van der Waals surface area contributed by atoms with E-state index in [0.717, 1.165) is 28.0 Å². The number of carbonyl (C=O) groups is 1. The Balaban J connectivity index is 1.65. The summed E-state index contributed by atoms with van der Waals surface area (Å²) >= 11 is 2.98. The molecule has 2 heterocycles. The van der Waals surface area contributed by atoms with E-state index in [9.17, 15) is 9.18 Å². The summed E-state index contributed by atoms with van der Waals surface area (Å²) in [5, 5.41) is 11.3. The molecule has 3 aromatic rings. The van der Waals surface area contributed by atoms with Crippen molar-refractivity contribution in [3.63, 3.8) is 0 Å². The number of nitrogens with zero attached hydrogens (tertiary/aromatic N) is 4. The molecule has 154 valence electrons. The normalized spacial score (nSPS) is 10.9. The van der Waals surface area contributed by atoms with Gasteiger partial charge in [-0.15, -0.1) is 21.5 Å². The fraction of sp³-hybridized carbons (Fsp3) is 0.350. The van der Waals surface area contributed by atoms with E-state index >= 15 is 0 Å². The van der Waals surface area contributed by atoms with Crippen LogP contribution in [-0.2, 0) is 17.9 Å². The fourth-order valence-electron chi connectivity index (χ4n) is 2.89. The molecule has 29 heavy (non-hydrogen) atoms. The lowest BCUT2D eigenvalue weighted by Gasteiger charge is -2.21. The highest BCUT2D eigenvalue weighted by Crippen LogP contribution is 2.27. The van der Waals surface area contributed by atoms with Crippen LogP contribution in [0.3, 0.4) is 0 Å². The van der Waals surface area contributed by atoms with Gasteiger partial charge in [0, 0.05) is 19.6 Å². The van der Waals surface area contributed by atoms with Crippen molar-refractivity contribution in [3.05, 3.63) is 47.1 Å². The molecule has 1 amide bonds. The second-order valence-electron chi connectivity index (χ2n) is 6.19. The molecular weight excluding hydrogens is 411 g/mol. The number of carbonyl (C=O) groups excluding carboxylic acids is 1. The van der Waals surface area contributed by atoms with Gasteiger partial charge in [0.15, 0.2) is 22.5 Å². The molecule has 0 atom stereocenters. The number of thiophene rings is 1. The van der Waals surface area contributed by atoms with Crippen LogP contribution in [0.5, 0.6) is 5.75 Å². The van der Waals surface area contributed by atoms with E-state index in [-0.39, 0.29) is 17.4 Å². The van der Waals surface area contributed by atoms with Crippen LogP contribution in [0.25, 0.3) is 10.7 Å². The first-order valence-electron chi connectivity index (χ1n) is 9.27. The van der Waals surface area contributed by atoms with Crippen molar-refractivity contribution in [1.29, 1.82) is 0 Å². The van der Waals surface area contributed by atoms with Gasteiger partial charge >= 0.3 is 0 Å². The first-order chi connectivity index (χ1) is 14.1. The number of benzene rings is 1. The summed E-state index contributed by atoms with van der Waals surface area (Å²) in [7, 11) is 1.43. The molecule has 9 heteroatoms. The van der Waals surface area contributed by atoms with Crippen molar-refractivity contribution in [2.75, 3.05) is 19.4 Å². The Bertz CT molecular complexity index is 960. The van der Waals surface area contributed by atoms with Crippen molar-refractivity contribution in [3.8, 4) is 16.5 Å². The Morgan fingerprint density at radius 2 is 2.14 bits per heavy atom. The Hall–Kier alpha value is -2.39. The van der Waals surface area contributed by atoms with Crippen molar-refractivity contribution in [2.45, 2.75) is 32.1 Å². The van der Waals surface area contributed by atoms with Crippen molar-refractivity contribution >= 4 is 29.0 Å². The Kier molecular flexibility index (Phi) is 7.27. The summed E-state index contributed by atoms with van der Waals surface area (Å²) in [4.78, 5) is 15.5. The van der Waals surface area contributed by atoms with E-state index in [4.69, 9.17) is 4.74 Å². The molecule has 1 aromatic carbocycles. The van der Waals surface area contributed by atoms with E-state index in [1.54, 1.807) is 28.4 Å². The van der Waals surface area contributed by atoms with Crippen LogP contribution >= 0.6 is 23.1 Å². The molecule has 0 N–H and O–H groups in total. The average Bonchev–Trinajstić information content (AvgIpc) is 3.39. The van der Waals surface area contributed by atoms with E-state index in [2.05, 4.69) is 10.2 Å². The molecule has 0 saturated heterocycles. The van der Waals surface area contributed by atoms with Crippen molar-refractivity contribution < 1.29 is 13.9 Å². The zero-order valence-electron chi connectivity index (χ0n) is 16.6. The number of rotatable bonds is 9. The maximum atomic E-state index is 13.9. The quantitative estimate of drug-likeness (QED) is 0.470. The predicted molar refractivity (Wildman–Crippen MR) is 114 cm³/mol. The summed E-state index contributed by atoms with van der Waals surface area (Å²) in [5.74, 6) is 0.796. The predicted octanol–water partition coefficient (Wildman–Crippen LogP) is 4.32. The van der Waals surface area contributed by atoms with Crippen molar-refractivity contribution in [2.24, 2.45) is 0 Å². The minimum atomic E-state index is -0.431. The monoisotopic (exact) mass is 434 g/mol. The van der Waals surface area contributed by atoms with Crippen LogP contribution in [0, 0.1) is 5.82 Å². The van der Waals surface area contributed by atoms with E-state index in [1.807, 2.05) is 35.9 Å². The van der Waals surface area contributed by atoms with Crippen LogP contribution in [0.1, 0.15) is 19.4 Å². The van der Waals surface area contributed by atoms with Gasteiger partial charge in [-0.1, -0.05) is 23.9 Å². The van der Waals surface area contributed by atoms with Gasteiger partial charge in [-0.25, -0.2) is 4.39 Å². The number of methoxy groups -OCH3 is 1. The topological polar surface area (TPSA) is 60.2 Å². The highest BCUT2D eigenvalue weighted by atomic mass is 32.2. The molecule has 0 radical (unpaired) electrons. The third kappa shape index (κ3) is 4.97. The largest absolute Gasteiger partial charge is 0.494 e. The highest BCUT2D eigenvalue weighted by Gasteiger charge is 2.18. The van der Waals surface area contributed by atoms with Crippen LogP contribution < -0.4 is 4.74 Å². The van der Waals surface area contributed by atoms with Gasteiger partial charge in [0.2, 0.25) is 5.91 Å². The van der Waals surface area contributed by atoms with Crippen LogP contribution in [0.2, 0.25) is 0 Å². The van der Waals surface area contributed by atoms with Gasteiger partial charge in [0.25, 0.3) is 0 Å². The minimum absolute atomic E-state index is 0.0305. The molecule has 0 unspecified atom stereocenters. The van der Waals surface area contributed by atoms with Crippen molar-refractivity contribution in [1.82, 2.24) is 19.7 Å². The van der Waals surface area contributed by atoms with Gasteiger partial charge in [0.05, 0.1) is 17.7 Å². The van der Waals surface area contributed by atoms with E-state index in [0.29, 0.717) is 13.1 Å². The lowest BCUT2D eigenvalue weighted by molar-refractivity contribution is -0.128. The van der Waals surface area contributed by atoms with Gasteiger partial charge < -0.3 is 14.2 Å². The molecule has 6 nitrogen and oxygen atoms in total. The molecule has 3 rings (SSSR count). The summed E-state index contributed by atoms with van der Waals surface area (Å²) in [6.07, 6.45) is 0. The van der Waals surface area contributed by atoms with E-state index in [1.165, 1.54) is 24.9 Å². The number of amides is 1. The number of halogens is 1. The first-order valence-corrected chi connectivity index (χ1v) is 11.1. The molecule has 0 bridgehead atoms. The molecule has 0 spiro atoms. The van der Waals surface area contributed by atoms with Crippen LogP contribution in [0.4, 0.5) is 4.39 Å². The molecule has 0 aliphatic heterocycles. The lowest BCUT2D eigenvalue weighted by atomic mass is 10.2. The maximum absolute atomic E-state index is 13.9. The molecular formula is C20H23FN4O2S2. The Morgan fingerprint density at radius 1 is 1.31 bits per heavy atom. The molecule has 0 aliphatic rings. The summed E-state index contributed by atoms with van der Waals surface area (Å²) in [6.45, 7) is 5.54. The van der Waals surface area contributed by atoms with Gasteiger partial charge in [-0.2, -0.15) is 0 Å². The standard InChI is InChI=1S/C20H23FN4O2S2/c1-4-24(12-14-8-9-16(27-3)15(21)11-14)18(26)13-29-20-23-22-19(25(20)5-2)17-7-6-10-28-17/h6-11H,4-5,12-13H2,1-3H3. The highest BCUT2D eigenvalue weighted by molar-refractivity contribution is 7.99. The number of aromatic nitrogens is 3. The number of hydrogen-bond donors (Lipinski definition) is 0. The third-order valence-electron chi connectivity index (χ3n) is 4.42. The second-order valence-corrected chi connectivity index (χ2v) is 8.08. The van der Waals surface area contributed by atoms with Crippen LogP contribution in [-0.4, -0.2) is 45.0 Å². The molecule has 0 aliphatic carbocycles. The zero-order valence-corrected chi connectivity index (χ0v) is 18.2. The van der Waals surface area contributed by atoms with Gasteiger partial charge in [-0.3, -0.25) is 4.79 Å². The lowest BCUT2D eigenvalue weighted by Crippen LogP contribution is -2.31. The maximum Gasteiger partial charge on any atom is 0.233 e. The summed E-state index contributed by atoms with van der Waals surface area (Å²) < 4.78 is 20.9. The average molecular weight is 435 g/mol. The van der Waals surface area contributed by atoms with E-state index < -0.39 is 5.82 Å².